The number of carbonyl (C=O) groups is 3. The molecule has 4 fully saturated rings. The molecule has 5 aliphatic rings. The molecule has 2 aromatic heterocycles. The Bertz CT molecular complexity index is 2780. The molecule has 5 aromatic rings. The van der Waals surface area contributed by atoms with Crippen molar-refractivity contribution in [3.63, 3.8) is 0 Å². The van der Waals surface area contributed by atoms with Gasteiger partial charge in [0.05, 0.1) is 36.5 Å². The predicted octanol–water partition coefficient (Wildman–Crippen LogP) is 4.87. The Balaban J connectivity index is 0.685. The minimum Gasteiger partial charge on any atom is -0.494 e. The Kier molecular flexibility index (Phi) is 11.5. The minimum absolute atomic E-state index is 0.136. The van der Waals surface area contributed by atoms with Crippen molar-refractivity contribution in [2.45, 2.75) is 44.3 Å². The summed E-state index contributed by atoms with van der Waals surface area (Å²) in [5.74, 6) is 1.07. The topological polar surface area (TPSA) is 178 Å². The predicted molar refractivity (Wildman–Crippen MR) is 250 cm³/mol. The second-order valence-electron chi connectivity index (χ2n) is 17.7. The van der Waals surface area contributed by atoms with Gasteiger partial charge in [-0.15, -0.1) is 0 Å². The minimum atomic E-state index is -3.55. The molecular weight excluding hydrogens is 870 g/mol. The van der Waals surface area contributed by atoms with Gasteiger partial charge in [-0.25, -0.2) is 17.4 Å². The third-order valence-corrected chi connectivity index (χ3v) is 14.9. The smallest absolute Gasteiger partial charge is 0.255 e. The highest BCUT2D eigenvalue weighted by Gasteiger charge is 2.40. The molecule has 1 unspecified atom stereocenters. The number of piperazine rings is 1. The van der Waals surface area contributed by atoms with Crippen molar-refractivity contribution in [3.05, 3.63) is 89.2 Å². The van der Waals surface area contributed by atoms with Crippen molar-refractivity contribution >= 4 is 84.8 Å². The number of hydrogen-bond donors (Lipinski definition) is 3. The van der Waals surface area contributed by atoms with Gasteiger partial charge >= 0.3 is 0 Å². The van der Waals surface area contributed by atoms with Crippen molar-refractivity contribution in [2.24, 2.45) is 5.92 Å². The number of amides is 3. The first-order chi connectivity index (χ1) is 31.4. The number of benzene rings is 3. The van der Waals surface area contributed by atoms with Crippen LogP contribution in [0.4, 0.5) is 34.5 Å². The van der Waals surface area contributed by atoms with Crippen molar-refractivity contribution in [1.29, 1.82) is 0 Å². The van der Waals surface area contributed by atoms with Gasteiger partial charge in [0.1, 0.15) is 16.8 Å². The van der Waals surface area contributed by atoms with Crippen LogP contribution in [0, 0.1) is 5.92 Å². The van der Waals surface area contributed by atoms with Crippen molar-refractivity contribution in [1.82, 2.24) is 34.0 Å². The van der Waals surface area contributed by atoms with Crippen LogP contribution in [0.25, 0.3) is 10.9 Å². The SMILES string of the molecule is COc1cc(N2CCC(N3CCN(CC4CN(c5ccc6c(c5)CN(C5CCC(=O)NC5=O)C6=O)C4)CC3)CC2)ccc1Nc1ncc(Cl)c(Nc2cccc3ccn(S(C)(=O)=O)c23)n1. The fourth-order valence-corrected chi connectivity index (χ4v) is 11.1. The Morgan fingerprint density at radius 3 is 2.40 bits per heavy atom. The van der Waals surface area contributed by atoms with Crippen LogP contribution in [-0.4, -0.2) is 139 Å². The monoisotopic (exact) mass is 921 g/mol. The number of fused-ring (bicyclic) bond motifs is 2. The molecule has 4 saturated heterocycles. The summed E-state index contributed by atoms with van der Waals surface area (Å²) in [4.78, 5) is 58.0. The molecule has 3 amide bonds. The zero-order valence-electron chi connectivity index (χ0n) is 36.4. The number of ether oxygens (including phenoxy) is 1. The van der Waals surface area contributed by atoms with Crippen LogP contribution >= 0.6 is 11.6 Å². The number of para-hydroxylation sites is 1. The lowest BCUT2D eigenvalue weighted by atomic mass is 9.96. The summed E-state index contributed by atoms with van der Waals surface area (Å²) in [5, 5.41) is 9.89. The lowest BCUT2D eigenvalue weighted by Crippen LogP contribution is -2.57. The summed E-state index contributed by atoms with van der Waals surface area (Å²) in [6, 6.07) is 19.3. The van der Waals surface area contributed by atoms with E-state index < -0.39 is 16.1 Å². The molecule has 3 N–H and O–H groups in total. The molecule has 0 radical (unpaired) electrons. The van der Waals surface area contributed by atoms with Gasteiger partial charge in [-0.05, 0) is 67.3 Å². The molecule has 0 bridgehead atoms. The van der Waals surface area contributed by atoms with Gasteiger partial charge in [0.25, 0.3) is 5.91 Å². The molecule has 1 atom stereocenters. The van der Waals surface area contributed by atoms with E-state index in [1.165, 1.54) is 16.4 Å². The average molecular weight is 923 g/mol. The number of piperidine rings is 2. The normalized spacial score (nSPS) is 20.3. The maximum atomic E-state index is 13.1. The Morgan fingerprint density at radius 2 is 1.65 bits per heavy atom. The van der Waals surface area contributed by atoms with Crippen LogP contribution in [0.3, 0.4) is 0 Å². The lowest BCUT2D eigenvalue weighted by Gasteiger charge is -2.46. The summed E-state index contributed by atoms with van der Waals surface area (Å²) < 4.78 is 32.0. The fraction of sp³-hybridized carbons (Fsp3) is 0.413. The van der Waals surface area contributed by atoms with Gasteiger partial charge in [0, 0.05) is 118 Å². The number of anilines is 6. The molecule has 19 heteroatoms. The molecule has 340 valence electrons. The van der Waals surface area contributed by atoms with Gasteiger partial charge < -0.3 is 35.0 Å². The number of imide groups is 1. The van der Waals surface area contributed by atoms with E-state index in [1.807, 2.05) is 36.4 Å². The Morgan fingerprint density at radius 1 is 0.877 bits per heavy atom. The first-order valence-electron chi connectivity index (χ1n) is 22.2. The molecule has 10 rings (SSSR count). The highest BCUT2D eigenvalue weighted by molar-refractivity contribution is 7.89. The summed E-state index contributed by atoms with van der Waals surface area (Å²) in [7, 11) is -1.90. The summed E-state index contributed by atoms with van der Waals surface area (Å²) in [6.45, 7) is 9.66. The number of nitrogens with one attached hydrogen (secondary N) is 3. The van der Waals surface area contributed by atoms with Gasteiger partial charge in [-0.2, -0.15) is 4.98 Å². The number of aromatic nitrogens is 3. The van der Waals surface area contributed by atoms with E-state index in [-0.39, 0.29) is 29.2 Å². The number of carbonyl (C=O) groups excluding carboxylic acids is 3. The highest BCUT2D eigenvalue weighted by atomic mass is 35.5. The van der Waals surface area contributed by atoms with E-state index in [9.17, 15) is 22.8 Å². The number of nitrogens with zero attached hydrogens (tertiary/aromatic N) is 8. The maximum Gasteiger partial charge on any atom is 0.255 e. The fourth-order valence-electron chi connectivity index (χ4n) is 10.1. The third kappa shape index (κ3) is 8.67. The number of rotatable bonds is 12. The molecular formula is C46H52ClN11O6S. The maximum absolute atomic E-state index is 13.1. The van der Waals surface area contributed by atoms with Crippen LogP contribution < -0.4 is 30.5 Å². The first-order valence-corrected chi connectivity index (χ1v) is 24.4. The van der Waals surface area contributed by atoms with Crippen LogP contribution in [-0.2, 0) is 26.2 Å². The van der Waals surface area contributed by atoms with E-state index >= 15 is 0 Å². The Labute approximate surface area is 382 Å². The number of halogens is 1. The molecule has 65 heavy (non-hydrogen) atoms. The van der Waals surface area contributed by atoms with Crippen LogP contribution in [0.2, 0.25) is 5.02 Å². The van der Waals surface area contributed by atoms with E-state index in [1.54, 1.807) is 24.1 Å². The number of methoxy groups -OCH3 is 1. The van der Waals surface area contributed by atoms with Crippen LogP contribution in [0.15, 0.2) is 73.1 Å². The molecule has 17 nitrogen and oxygen atoms in total. The van der Waals surface area contributed by atoms with Crippen molar-refractivity contribution < 1.29 is 27.5 Å². The van der Waals surface area contributed by atoms with Gasteiger partial charge in [-0.3, -0.25) is 24.6 Å². The Hall–Kier alpha value is -5.95. The van der Waals surface area contributed by atoms with Gasteiger partial charge in [0.2, 0.25) is 27.8 Å². The standard InChI is InChI=1S/C46H52ClN11O6S/c1-64-40-23-34(7-9-37(40)50-46-48-24-36(47)43(52-46)49-38-5-3-4-30-12-17-58(42(30)38)65(2,62)63)54-15-13-32(14-16-54)55-20-18-53(19-21-55)25-29-26-56(27-29)33-6-8-35-31(22-33)28-57(45(35)61)39-10-11-41(59)51-44(39)60/h3-9,12,17,22-24,29,32,39H,10-11,13-16,18-21,25-28H2,1-2H3,(H,51,59,60)(H2,48,49,50,52). The van der Waals surface area contributed by atoms with E-state index in [4.69, 9.17) is 16.3 Å². The van der Waals surface area contributed by atoms with E-state index in [0.717, 1.165) is 100 Å². The number of hydrogen-bond acceptors (Lipinski definition) is 14. The largest absolute Gasteiger partial charge is 0.494 e. The van der Waals surface area contributed by atoms with Crippen molar-refractivity contribution in [2.75, 3.05) is 92.7 Å². The van der Waals surface area contributed by atoms with Gasteiger partial charge in [-0.1, -0.05) is 23.7 Å². The molecule has 5 aliphatic heterocycles. The average Bonchev–Trinajstić information content (AvgIpc) is 3.88. The molecule has 0 spiro atoms. The van der Waals surface area contributed by atoms with Crippen molar-refractivity contribution in [3.8, 4) is 5.75 Å². The van der Waals surface area contributed by atoms with Gasteiger partial charge in [0.15, 0.2) is 5.82 Å². The summed E-state index contributed by atoms with van der Waals surface area (Å²) in [6.07, 6.45) is 6.98. The quantitative estimate of drug-likeness (QED) is 0.145. The third-order valence-electron chi connectivity index (χ3n) is 13.6. The van der Waals surface area contributed by atoms with Crippen LogP contribution in [0.5, 0.6) is 5.75 Å². The molecule has 0 saturated carbocycles. The second kappa shape index (κ2) is 17.5. The lowest BCUT2D eigenvalue weighted by molar-refractivity contribution is -0.136. The van der Waals surface area contributed by atoms with Crippen LogP contribution in [0.1, 0.15) is 41.6 Å². The van der Waals surface area contributed by atoms with E-state index in [0.29, 0.717) is 64.9 Å². The summed E-state index contributed by atoms with van der Waals surface area (Å²) in [5.41, 5.74) is 5.53. The zero-order chi connectivity index (χ0) is 45.0. The van der Waals surface area contributed by atoms with E-state index in [2.05, 4.69) is 57.7 Å². The molecule has 7 heterocycles. The molecule has 0 aliphatic carbocycles. The second-order valence-corrected chi connectivity index (χ2v) is 20.0. The summed E-state index contributed by atoms with van der Waals surface area (Å²) >= 11 is 6.52. The zero-order valence-corrected chi connectivity index (χ0v) is 37.9. The first kappa shape index (κ1) is 43.0. The molecule has 3 aromatic carbocycles. The highest BCUT2D eigenvalue weighted by Crippen LogP contribution is 2.37.